The number of likely N-dealkylation sites (tertiary alicyclic amines) is 1. The van der Waals surface area contributed by atoms with Crippen LogP contribution in [0.3, 0.4) is 0 Å². The number of nitrogens with zero attached hydrogens (tertiary/aromatic N) is 3. The lowest BCUT2D eigenvalue weighted by Crippen LogP contribution is -2.34. The van der Waals surface area contributed by atoms with Crippen molar-refractivity contribution in [3.05, 3.63) is 53.0 Å². The fourth-order valence-electron chi connectivity index (χ4n) is 5.79. The van der Waals surface area contributed by atoms with E-state index in [1.165, 1.54) is 23.3 Å². The SMILES string of the molecule is O=C1CCc2cc(OCCCCN3CCC(c4noc5cc(F)ccc45)CC3)cc3c2N1CC3. The summed E-state index contributed by atoms with van der Waals surface area (Å²) in [5.41, 5.74) is 5.18. The van der Waals surface area contributed by atoms with Crippen LogP contribution in [-0.2, 0) is 17.6 Å². The summed E-state index contributed by atoms with van der Waals surface area (Å²) < 4.78 is 24.9. The third kappa shape index (κ3) is 4.06. The molecule has 0 unspecified atom stereocenters. The monoisotopic (exact) mass is 463 g/mol. The smallest absolute Gasteiger partial charge is 0.227 e. The first-order valence-corrected chi connectivity index (χ1v) is 12.5. The van der Waals surface area contributed by atoms with Gasteiger partial charge in [0.1, 0.15) is 11.6 Å². The van der Waals surface area contributed by atoms with Gasteiger partial charge in [0.15, 0.2) is 5.58 Å². The summed E-state index contributed by atoms with van der Waals surface area (Å²) in [6.07, 6.45) is 6.60. The summed E-state index contributed by atoms with van der Waals surface area (Å²) in [7, 11) is 0. The molecule has 3 aliphatic rings. The van der Waals surface area contributed by atoms with E-state index in [1.54, 1.807) is 6.07 Å². The van der Waals surface area contributed by atoms with Crippen molar-refractivity contribution in [1.29, 1.82) is 0 Å². The van der Waals surface area contributed by atoms with Crippen LogP contribution < -0.4 is 9.64 Å². The Balaban J connectivity index is 0.952. The second-order valence-electron chi connectivity index (χ2n) is 9.77. The minimum atomic E-state index is -0.289. The molecule has 1 amide bonds. The fourth-order valence-corrected chi connectivity index (χ4v) is 5.79. The Bertz CT molecular complexity index is 1220. The van der Waals surface area contributed by atoms with E-state index in [1.807, 2.05) is 4.90 Å². The predicted octanol–water partition coefficient (Wildman–Crippen LogP) is 4.84. The number of benzene rings is 2. The van der Waals surface area contributed by atoms with Crippen molar-refractivity contribution in [2.75, 3.05) is 37.7 Å². The van der Waals surface area contributed by atoms with Gasteiger partial charge in [0.25, 0.3) is 0 Å². The standard InChI is InChI=1S/C27H30FN3O3/c28-21-4-5-23-24(17-21)34-29-26(23)18-7-11-30(12-8-18)10-1-2-14-33-22-15-19-3-6-25(32)31-13-9-20(16-22)27(19)31/h4-5,15-18H,1-3,6-14H2. The van der Waals surface area contributed by atoms with Gasteiger partial charge in [-0.3, -0.25) is 4.79 Å². The summed E-state index contributed by atoms with van der Waals surface area (Å²) in [6, 6.07) is 8.95. The topological polar surface area (TPSA) is 58.8 Å². The van der Waals surface area contributed by atoms with Crippen LogP contribution in [0.15, 0.2) is 34.9 Å². The van der Waals surface area contributed by atoms with Gasteiger partial charge in [-0.15, -0.1) is 0 Å². The quantitative estimate of drug-likeness (QED) is 0.469. The highest BCUT2D eigenvalue weighted by molar-refractivity contribution is 5.98. The first kappa shape index (κ1) is 21.6. The number of carbonyl (C=O) groups excluding carboxylic acids is 1. The van der Waals surface area contributed by atoms with E-state index in [2.05, 4.69) is 22.2 Å². The molecule has 0 N–H and O–H groups in total. The van der Waals surface area contributed by atoms with Gasteiger partial charge in [0, 0.05) is 30.3 Å². The number of fused-ring (bicyclic) bond motifs is 1. The lowest BCUT2D eigenvalue weighted by molar-refractivity contribution is -0.118. The van der Waals surface area contributed by atoms with Gasteiger partial charge in [-0.25, -0.2) is 4.39 Å². The van der Waals surface area contributed by atoms with E-state index < -0.39 is 0 Å². The normalized spacial score (nSPS) is 18.6. The van der Waals surface area contributed by atoms with Gasteiger partial charge in [0.2, 0.25) is 5.91 Å². The zero-order valence-electron chi connectivity index (χ0n) is 19.4. The van der Waals surface area contributed by atoms with Gasteiger partial charge in [-0.1, -0.05) is 5.16 Å². The highest BCUT2D eigenvalue weighted by atomic mass is 19.1. The number of hydrogen-bond donors (Lipinski definition) is 0. The number of hydrogen-bond acceptors (Lipinski definition) is 5. The maximum atomic E-state index is 13.4. The van der Waals surface area contributed by atoms with Gasteiger partial charge < -0.3 is 19.1 Å². The highest BCUT2D eigenvalue weighted by Crippen LogP contribution is 2.39. The number of aryl methyl sites for hydroxylation is 1. The Morgan fingerprint density at radius 3 is 2.71 bits per heavy atom. The Morgan fingerprint density at radius 2 is 1.85 bits per heavy atom. The molecule has 1 saturated heterocycles. The molecule has 3 aliphatic heterocycles. The third-order valence-corrected chi connectivity index (χ3v) is 7.60. The first-order chi connectivity index (χ1) is 16.7. The molecule has 7 heteroatoms. The lowest BCUT2D eigenvalue weighted by Gasteiger charge is -2.31. The average molecular weight is 464 g/mol. The van der Waals surface area contributed by atoms with E-state index in [-0.39, 0.29) is 11.7 Å². The minimum absolute atomic E-state index is 0.258. The molecule has 0 atom stereocenters. The van der Waals surface area contributed by atoms with Crippen LogP contribution in [0.5, 0.6) is 5.75 Å². The van der Waals surface area contributed by atoms with Crippen molar-refractivity contribution in [1.82, 2.24) is 10.1 Å². The number of unbranched alkanes of at least 4 members (excludes halogenated alkanes) is 1. The van der Waals surface area contributed by atoms with Gasteiger partial charge >= 0.3 is 0 Å². The summed E-state index contributed by atoms with van der Waals surface area (Å²) in [4.78, 5) is 16.6. The van der Waals surface area contributed by atoms with Gasteiger partial charge in [-0.05, 0) is 93.6 Å². The summed E-state index contributed by atoms with van der Waals surface area (Å²) in [5.74, 6) is 1.29. The maximum absolute atomic E-state index is 13.4. The molecule has 3 aromatic rings. The molecule has 178 valence electrons. The number of carbonyl (C=O) groups is 1. The molecule has 0 spiro atoms. The Labute approximate surface area is 198 Å². The third-order valence-electron chi connectivity index (χ3n) is 7.60. The van der Waals surface area contributed by atoms with Crippen molar-refractivity contribution in [2.45, 2.75) is 50.9 Å². The van der Waals surface area contributed by atoms with Crippen molar-refractivity contribution in [3.8, 4) is 5.75 Å². The Kier molecular flexibility index (Phi) is 5.73. The molecule has 34 heavy (non-hydrogen) atoms. The van der Waals surface area contributed by atoms with Crippen molar-refractivity contribution in [2.24, 2.45) is 0 Å². The molecular weight excluding hydrogens is 433 g/mol. The van der Waals surface area contributed by atoms with Gasteiger partial charge in [-0.2, -0.15) is 0 Å². The van der Waals surface area contributed by atoms with Crippen molar-refractivity contribution in [3.63, 3.8) is 0 Å². The number of piperidine rings is 1. The lowest BCUT2D eigenvalue weighted by atomic mass is 9.91. The van der Waals surface area contributed by atoms with Crippen LogP contribution in [0.2, 0.25) is 0 Å². The number of anilines is 1. The van der Waals surface area contributed by atoms with Crippen LogP contribution in [0.1, 0.15) is 54.8 Å². The maximum Gasteiger partial charge on any atom is 0.227 e. The van der Waals surface area contributed by atoms with E-state index in [0.717, 1.165) is 93.8 Å². The largest absolute Gasteiger partial charge is 0.494 e. The van der Waals surface area contributed by atoms with E-state index in [4.69, 9.17) is 9.26 Å². The molecule has 0 aliphatic carbocycles. The Morgan fingerprint density at radius 1 is 1.03 bits per heavy atom. The van der Waals surface area contributed by atoms with Crippen LogP contribution in [0.4, 0.5) is 10.1 Å². The number of rotatable bonds is 7. The fraction of sp³-hybridized carbons (Fsp3) is 0.481. The van der Waals surface area contributed by atoms with E-state index in [0.29, 0.717) is 17.9 Å². The summed E-state index contributed by atoms with van der Waals surface area (Å²) >= 11 is 0. The number of ether oxygens (including phenoxy) is 1. The summed E-state index contributed by atoms with van der Waals surface area (Å²) in [6.45, 7) is 4.70. The molecule has 1 fully saturated rings. The minimum Gasteiger partial charge on any atom is -0.494 e. The molecular formula is C27H30FN3O3. The second kappa shape index (κ2) is 9.02. The zero-order chi connectivity index (χ0) is 23.1. The molecule has 1 aromatic heterocycles. The average Bonchev–Trinajstić information content (AvgIpc) is 3.47. The molecule has 6 rings (SSSR count). The Hall–Kier alpha value is -2.93. The molecule has 0 radical (unpaired) electrons. The van der Waals surface area contributed by atoms with E-state index in [9.17, 15) is 9.18 Å². The van der Waals surface area contributed by atoms with Crippen molar-refractivity contribution < 1.29 is 18.4 Å². The molecule has 2 aromatic carbocycles. The molecule has 4 heterocycles. The highest BCUT2D eigenvalue weighted by Gasteiger charge is 2.31. The van der Waals surface area contributed by atoms with Crippen LogP contribution in [0, 0.1) is 5.82 Å². The number of amides is 1. The summed E-state index contributed by atoms with van der Waals surface area (Å²) in [5, 5.41) is 5.19. The zero-order valence-corrected chi connectivity index (χ0v) is 19.4. The van der Waals surface area contributed by atoms with Crippen molar-refractivity contribution >= 4 is 22.6 Å². The number of aromatic nitrogens is 1. The first-order valence-electron chi connectivity index (χ1n) is 12.5. The molecule has 0 saturated carbocycles. The number of halogens is 1. The van der Waals surface area contributed by atoms with Crippen LogP contribution in [-0.4, -0.2) is 48.7 Å². The molecule has 0 bridgehead atoms. The van der Waals surface area contributed by atoms with E-state index >= 15 is 0 Å². The second-order valence-corrected chi connectivity index (χ2v) is 9.77. The van der Waals surface area contributed by atoms with Crippen LogP contribution in [0.25, 0.3) is 11.0 Å². The van der Waals surface area contributed by atoms with Gasteiger partial charge in [0.05, 0.1) is 18.0 Å². The van der Waals surface area contributed by atoms with Crippen LogP contribution >= 0.6 is 0 Å². The molecule has 6 nitrogen and oxygen atoms in total. The predicted molar refractivity (Wildman–Crippen MR) is 128 cm³/mol.